The molecular weight excluding hydrogens is 306 g/mol. The van der Waals surface area contributed by atoms with Gasteiger partial charge in [0.15, 0.2) is 5.65 Å². The molecule has 0 saturated carbocycles. The van der Waals surface area contributed by atoms with Gasteiger partial charge in [0.05, 0.1) is 17.8 Å². The zero-order valence-electron chi connectivity index (χ0n) is 13.4. The number of para-hydroxylation sites is 1. The molecular formula is C17H17N5O2. The van der Waals surface area contributed by atoms with Crippen LogP contribution < -0.4 is 10.6 Å². The Balaban J connectivity index is 1.64. The largest absolute Gasteiger partial charge is 0.343 e. The Morgan fingerprint density at radius 2 is 1.96 bits per heavy atom. The number of carbonyl (C=O) groups is 2. The molecule has 0 bridgehead atoms. The van der Waals surface area contributed by atoms with Gasteiger partial charge in [-0.05, 0) is 25.1 Å². The molecule has 0 saturated heterocycles. The highest BCUT2D eigenvalue weighted by molar-refractivity contribution is 6.00. The van der Waals surface area contributed by atoms with Gasteiger partial charge in [-0.15, -0.1) is 0 Å². The van der Waals surface area contributed by atoms with Crippen molar-refractivity contribution in [2.24, 2.45) is 7.05 Å². The second-order valence-electron chi connectivity index (χ2n) is 5.40. The summed E-state index contributed by atoms with van der Waals surface area (Å²) in [5.74, 6) is -0.642. The van der Waals surface area contributed by atoms with Crippen molar-refractivity contribution < 1.29 is 9.59 Å². The monoisotopic (exact) mass is 323 g/mol. The Hall–Kier alpha value is -3.22. The van der Waals surface area contributed by atoms with Gasteiger partial charge in [-0.1, -0.05) is 18.2 Å². The van der Waals surface area contributed by atoms with Crippen LogP contribution in [0.1, 0.15) is 16.1 Å². The molecule has 0 spiro atoms. The summed E-state index contributed by atoms with van der Waals surface area (Å²) in [5, 5.41) is 10.4. The summed E-state index contributed by atoms with van der Waals surface area (Å²) >= 11 is 0. The van der Waals surface area contributed by atoms with Gasteiger partial charge >= 0.3 is 0 Å². The second kappa shape index (κ2) is 6.49. The number of pyridine rings is 1. The summed E-state index contributed by atoms with van der Waals surface area (Å²) in [6, 6.07) is 10.8. The van der Waals surface area contributed by atoms with Crippen LogP contribution in [-0.2, 0) is 11.8 Å². The molecule has 122 valence electrons. The molecule has 1 aromatic carbocycles. The normalized spacial score (nSPS) is 10.6. The number of aromatic nitrogens is 3. The van der Waals surface area contributed by atoms with Crippen molar-refractivity contribution >= 4 is 28.5 Å². The molecule has 2 aromatic heterocycles. The minimum absolute atomic E-state index is 0.113. The summed E-state index contributed by atoms with van der Waals surface area (Å²) < 4.78 is 1.67. The lowest BCUT2D eigenvalue weighted by Crippen LogP contribution is -2.32. The summed E-state index contributed by atoms with van der Waals surface area (Å²) in [6.45, 7) is 1.75. The van der Waals surface area contributed by atoms with E-state index in [0.29, 0.717) is 16.9 Å². The molecule has 2 heterocycles. The van der Waals surface area contributed by atoms with Crippen LogP contribution in [0.5, 0.6) is 0 Å². The van der Waals surface area contributed by atoms with E-state index in [0.717, 1.165) is 11.1 Å². The average Bonchev–Trinajstić information content (AvgIpc) is 2.87. The van der Waals surface area contributed by atoms with Crippen LogP contribution in [0.25, 0.3) is 11.0 Å². The van der Waals surface area contributed by atoms with Crippen molar-refractivity contribution in [3.05, 3.63) is 53.9 Å². The van der Waals surface area contributed by atoms with E-state index < -0.39 is 0 Å². The van der Waals surface area contributed by atoms with E-state index in [1.165, 1.54) is 6.20 Å². The first-order valence-corrected chi connectivity index (χ1v) is 7.47. The molecule has 0 fully saturated rings. The summed E-state index contributed by atoms with van der Waals surface area (Å²) in [5.41, 5.74) is 2.60. The smallest absolute Gasteiger partial charge is 0.253 e. The first-order valence-electron chi connectivity index (χ1n) is 7.47. The third-order valence-electron chi connectivity index (χ3n) is 3.59. The molecule has 7 nitrogen and oxygen atoms in total. The fourth-order valence-electron chi connectivity index (χ4n) is 2.42. The number of amides is 2. The van der Waals surface area contributed by atoms with Gasteiger partial charge in [-0.3, -0.25) is 14.3 Å². The van der Waals surface area contributed by atoms with Gasteiger partial charge in [-0.2, -0.15) is 5.10 Å². The number of nitrogens with zero attached hydrogens (tertiary/aromatic N) is 3. The number of aryl methyl sites for hydroxylation is 2. The maximum absolute atomic E-state index is 12.2. The van der Waals surface area contributed by atoms with Crippen molar-refractivity contribution in [2.45, 2.75) is 6.92 Å². The lowest BCUT2D eigenvalue weighted by atomic mass is 10.2. The maximum Gasteiger partial charge on any atom is 0.253 e. The van der Waals surface area contributed by atoms with Gasteiger partial charge in [0.2, 0.25) is 5.91 Å². The molecule has 0 unspecified atom stereocenters. The van der Waals surface area contributed by atoms with E-state index in [1.54, 1.807) is 29.9 Å². The number of carbonyl (C=O) groups excluding carboxylic acids is 2. The molecule has 0 aliphatic carbocycles. The van der Waals surface area contributed by atoms with E-state index in [-0.39, 0.29) is 18.4 Å². The Bertz CT molecular complexity index is 902. The van der Waals surface area contributed by atoms with Crippen molar-refractivity contribution in [3.63, 3.8) is 0 Å². The highest BCUT2D eigenvalue weighted by Gasteiger charge is 2.12. The SMILES string of the molecule is Cc1nn(C)c2ncc(C(=O)NCC(=O)Nc3ccccc3)cc12. The van der Waals surface area contributed by atoms with E-state index in [4.69, 9.17) is 0 Å². The average molecular weight is 323 g/mol. The highest BCUT2D eigenvalue weighted by Crippen LogP contribution is 2.16. The van der Waals surface area contributed by atoms with Gasteiger partial charge in [0.25, 0.3) is 5.91 Å². The number of nitrogens with one attached hydrogen (secondary N) is 2. The van der Waals surface area contributed by atoms with Crippen molar-refractivity contribution in [3.8, 4) is 0 Å². The van der Waals surface area contributed by atoms with Gasteiger partial charge in [0, 0.05) is 24.3 Å². The molecule has 2 N–H and O–H groups in total. The van der Waals surface area contributed by atoms with Gasteiger partial charge < -0.3 is 10.6 Å². The van der Waals surface area contributed by atoms with Crippen LogP contribution in [0.15, 0.2) is 42.6 Å². The topological polar surface area (TPSA) is 88.9 Å². The van der Waals surface area contributed by atoms with E-state index in [2.05, 4.69) is 20.7 Å². The number of hydrogen-bond donors (Lipinski definition) is 2. The standard InChI is InChI=1S/C17H17N5O2/c1-11-14-8-12(9-18-16(14)22(2)21-11)17(24)19-10-15(23)20-13-6-4-3-5-7-13/h3-9H,10H2,1-2H3,(H,19,24)(H,20,23). The quantitative estimate of drug-likeness (QED) is 0.764. The summed E-state index contributed by atoms with van der Waals surface area (Å²) in [7, 11) is 1.80. The summed E-state index contributed by atoms with van der Waals surface area (Å²) in [4.78, 5) is 28.3. The first kappa shape index (κ1) is 15.7. The molecule has 3 rings (SSSR count). The molecule has 0 radical (unpaired) electrons. The van der Waals surface area contributed by atoms with Crippen LogP contribution in [0, 0.1) is 6.92 Å². The van der Waals surface area contributed by atoms with Crippen molar-refractivity contribution in [1.29, 1.82) is 0 Å². The van der Waals surface area contributed by atoms with Crippen LogP contribution in [0.2, 0.25) is 0 Å². The van der Waals surface area contributed by atoms with E-state index >= 15 is 0 Å². The summed E-state index contributed by atoms with van der Waals surface area (Å²) in [6.07, 6.45) is 1.48. The minimum atomic E-state index is -0.351. The second-order valence-corrected chi connectivity index (χ2v) is 5.40. The molecule has 2 amide bonds. The lowest BCUT2D eigenvalue weighted by Gasteiger charge is -2.07. The highest BCUT2D eigenvalue weighted by atomic mass is 16.2. The van der Waals surface area contributed by atoms with Crippen LogP contribution in [0.4, 0.5) is 5.69 Å². The predicted octanol–water partition coefficient (Wildman–Crippen LogP) is 1.65. The third-order valence-corrected chi connectivity index (χ3v) is 3.59. The molecule has 24 heavy (non-hydrogen) atoms. The third kappa shape index (κ3) is 3.24. The predicted molar refractivity (Wildman–Crippen MR) is 90.7 cm³/mol. The number of hydrogen-bond acceptors (Lipinski definition) is 4. The zero-order valence-corrected chi connectivity index (χ0v) is 13.4. The van der Waals surface area contributed by atoms with Crippen molar-refractivity contribution in [2.75, 3.05) is 11.9 Å². The number of anilines is 1. The van der Waals surface area contributed by atoms with Crippen molar-refractivity contribution in [1.82, 2.24) is 20.1 Å². The number of rotatable bonds is 4. The molecule has 0 aliphatic rings. The molecule has 0 atom stereocenters. The van der Waals surface area contributed by atoms with Gasteiger partial charge in [0.1, 0.15) is 0 Å². The van der Waals surface area contributed by atoms with Crippen LogP contribution >= 0.6 is 0 Å². The number of benzene rings is 1. The molecule has 3 aromatic rings. The molecule has 0 aliphatic heterocycles. The first-order chi connectivity index (χ1) is 11.5. The Morgan fingerprint density at radius 1 is 1.21 bits per heavy atom. The van der Waals surface area contributed by atoms with Gasteiger partial charge in [-0.25, -0.2) is 4.98 Å². The minimum Gasteiger partial charge on any atom is -0.343 e. The van der Waals surface area contributed by atoms with Crippen LogP contribution in [0.3, 0.4) is 0 Å². The van der Waals surface area contributed by atoms with E-state index in [1.807, 2.05) is 25.1 Å². The van der Waals surface area contributed by atoms with Crippen LogP contribution in [-0.4, -0.2) is 33.1 Å². The fourth-order valence-corrected chi connectivity index (χ4v) is 2.42. The fraction of sp³-hybridized carbons (Fsp3) is 0.176. The Labute approximate surface area is 138 Å². The Morgan fingerprint density at radius 3 is 2.71 bits per heavy atom. The number of fused-ring (bicyclic) bond motifs is 1. The van der Waals surface area contributed by atoms with E-state index in [9.17, 15) is 9.59 Å². The Kier molecular flexibility index (Phi) is 4.24. The zero-order chi connectivity index (χ0) is 17.1. The maximum atomic E-state index is 12.2. The molecule has 7 heteroatoms. The lowest BCUT2D eigenvalue weighted by molar-refractivity contribution is -0.115.